The van der Waals surface area contributed by atoms with Gasteiger partial charge in [-0.15, -0.1) is 0 Å². The molecule has 0 unspecified atom stereocenters. The van der Waals surface area contributed by atoms with Crippen molar-refractivity contribution in [2.24, 2.45) is 0 Å². The predicted molar refractivity (Wildman–Crippen MR) is 467 cm³/mol. The molecule has 0 atom stereocenters. The standard InChI is InChI=1S/2C18H28N.C17H23NO.C17H25N.C12H13ClO.C6H15N.C5H11N.CH3I.Al.HI.Li.H2O.4H/c2*1-19(14-8-3-9-15-19)16-18(12-6-7-13-18)17-10-4-2-5-11-17;19-16(18-13-7-2-8-14-18)17(11-5-6-12-17)15-9-3-1-4-10-15;1-3-9-16(10-4-1)17(11-5-6-12-17)15-18-13-7-2-8-14-18;13-11(14)12(8-4-5-9-12)10-6-2-1-3-7-10;1-4-7(5-2)6-3;1-2-4-6-5-3-1;1-2;;;;;;;;/h2*2,4-5,10-11H,3,6-9,12-16H2,1H3;1,3-4,9-10H,2,5-8,11-14H2;1,3-4,9-10H,2,5-8,11-15H2;1-3,6-7H,4-5,8-9H2;4-6H2,1-3H3;6H,1-5H2;1H3;;1H;;1H2;;;;/q2*+1;;;;;;;;;+1;;;;;-1/p-2. The number of likely N-dealkylation sites (N-methyl/N-ethyl adjacent to an activating group) is 2. The summed E-state index contributed by atoms with van der Waals surface area (Å²) < 4.78 is 2.63. The topological polar surface area (TPSA) is 85.9 Å². The molecule has 9 nitrogen and oxygen atoms in total. The second kappa shape index (κ2) is 52.5. The first kappa shape index (κ1) is 98.2. The molecular formula is C94H151AlClI2LiN6O3. The van der Waals surface area contributed by atoms with Crippen LogP contribution in [0.4, 0.5) is 0 Å². The van der Waals surface area contributed by atoms with Crippen LogP contribution in [-0.4, -0.2) is 181 Å². The molecule has 2 N–H and O–H groups in total. The first-order valence-electron chi connectivity index (χ1n) is 42.7. The Morgan fingerprint density at radius 3 is 0.991 bits per heavy atom. The maximum Gasteiger partial charge on any atom is 1.00 e. The fourth-order valence-corrected chi connectivity index (χ4v) is 20.9. The number of alkyl halides is 1. The van der Waals surface area contributed by atoms with Gasteiger partial charge in [0.25, 0.3) is 0 Å². The number of piperidine rings is 5. The summed E-state index contributed by atoms with van der Waals surface area (Å²) >= 11 is 7.89. The molecule has 5 aromatic carbocycles. The van der Waals surface area contributed by atoms with Gasteiger partial charge in [0, 0.05) is 35.9 Å². The number of likely N-dealkylation sites (tertiary alicyclic amines) is 4. The number of rotatable bonds is 16. The zero-order valence-electron chi connectivity index (χ0n) is 69.6. The molecule has 5 saturated carbocycles. The summed E-state index contributed by atoms with van der Waals surface area (Å²) in [5.74, 6) is 0.399. The van der Waals surface area contributed by atoms with Gasteiger partial charge >= 0.3 is 18.9 Å². The molecule has 600 valence electrons. The molecule has 10 fully saturated rings. The first-order valence-corrected chi connectivity index (χ1v) is 45.3. The minimum absolute atomic E-state index is 0. The summed E-state index contributed by atoms with van der Waals surface area (Å²) in [4.78, 5) is 33.8. The van der Waals surface area contributed by atoms with Gasteiger partial charge in [0.15, 0.2) is 17.4 Å². The Kier molecular flexibility index (Phi) is 47.7. The summed E-state index contributed by atoms with van der Waals surface area (Å²) in [5, 5.41) is 3.09. The van der Waals surface area contributed by atoms with E-state index in [-0.39, 0.29) is 83.2 Å². The Bertz CT molecular complexity index is 2990. The predicted octanol–water partition coefficient (Wildman–Crippen LogP) is 14.9. The second-order valence-electron chi connectivity index (χ2n) is 33.8. The average molecular weight is 1740 g/mol. The van der Waals surface area contributed by atoms with Crippen molar-refractivity contribution in [3.8, 4) is 0 Å². The quantitative estimate of drug-likeness (QED) is 0.0348. The summed E-state index contributed by atoms with van der Waals surface area (Å²) in [6, 6.07) is 54.4. The summed E-state index contributed by atoms with van der Waals surface area (Å²) in [5.41, 5.74) is 7.96. The number of quaternary nitrogens is 2. The summed E-state index contributed by atoms with van der Waals surface area (Å²) in [6.45, 7) is 26.8. The van der Waals surface area contributed by atoms with Crippen LogP contribution in [0.15, 0.2) is 152 Å². The van der Waals surface area contributed by atoms with Crippen LogP contribution in [0.2, 0.25) is 0 Å². The molecule has 108 heavy (non-hydrogen) atoms. The molecule has 5 aliphatic heterocycles. The van der Waals surface area contributed by atoms with Crippen molar-refractivity contribution in [2.45, 2.75) is 273 Å². The maximum absolute atomic E-state index is 13.0. The van der Waals surface area contributed by atoms with E-state index in [2.05, 4.69) is 193 Å². The van der Waals surface area contributed by atoms with Crippen molar-refractivity contribution < 1.29 is 68.3 Å². The number of halogens is 3. The van der Waals surface area contributed by atoms with Crippen molar-refractivity contribution in [3.63, 3.8) is 0 Å². The Balaban J connectivity index is 0.000000334. The third-order valence-corrected chi connectivity index (χ3v) is 26.9. The third-order valence-electron chi connectivity index (χ3n) is 26.5. The van der Waals surface area contributed by atoms with Crippen LogP contribution >= 0.6 is 34.2 Å². The van der Waals surface area contributed by atoms with Crippen LogP contribution < -0.4 is 48.2 Å². The molecule has 15 rings (SSSR count). The van der Waals surface area contributed by atoms with E-state index in [9.17, 15) is 9.59 Å². The van der Waals surface area contributed by atoms with Gasteiger partial charge < -0.3 is 59.9 Å². The molecule has 5 aromatic rings. The number of carbonyl (C=O) groups excluding carboxylic acids is 2. The normalized spacial score (nSPS) is 21.5. The van der Waals surface area contributed by atoms with Gasteiger partial charge in [0.2, 0.25) is 11.1 Å². The van der Waals surface area contributed by atoms with Crippen molar-refractivity contribution in [3.05, 3.63) is 179 Å². The van der Waals surface area contributed by atoms with Crippen molar-refractivity contribution >= 4 is 62.7 Å². The Hall–Kier alpha value is -2.12. The van der Waals surface area contributed by atoms with Gasteiger partial charge in [0.05, 0.1) is 64.2 Å². The number of nitrogens with one attached hydrogen (secondary N) is 1. The fourth-order valence-electron chi connectivity index (χ4n) is 20.6. The van der Waals surface area contributed by atoms with E-state index in [0.717, 1.165) is 57.2 Å². The van der Waals surface area contributed by atoms with E-state index in [4.69, 9.17) is 11.6 Å². The number of carbonyl (C=O) groups is 2. The van der Waals surface area contributed by atoms with Gasteiger partial charge in [-0.25, -0.2) is 0 Å². The number of nitrogens with zero attached hydrogens (tertiary/aromatic N) is 5. The molecule has 14 heteroatoms. The largest absolute Gasteiger partial charge is 1.00 e. The molecule has 0 spiro atoms. The summed E-state index contributed by atoms with van der Waals surface area (Å²) in [7, 11) is 5.00. The number of amides is 1. The minimum Gasteiger partial charge on any atom is -1.00 e. The molecule has 5 saturated heterocycles. The zero-order chi connectivity index (χ0) is 73.7. The second-order valence-corrected chi connectivity index (χ2v) is 34.2. The fraction of sp³-hybridized carbons (Fsp3) is 0.660. The molecule has 10 aliphatic rings. The molecule has 5 aliphatic carbocycles. The van der Waals surface area contributed by atoms with Gasteiger partial charge in [0.1, 0.15) is 0 Å². The smallest absolute Gasteiger partial charge is 1.00 e. The van der Waals surface area contributed by atoms with Crippen molar-refractivity contribution in [2.75, 3.05) is 124 Å². The SMILES string of the molecule is C1CCNCC1.CCN(CC)CC.CI.C[N+]1(CC2(c3ccccc3)CCCC2)CCCCC1.C[N+]1(CC2(c3ccccc3)CCCC2)CCCCC1.O=C(Cl)C1(c2ccccc2)CCCC1.O=C(N1CCCCC1)C1(c2ccccc2)CCCC1.[AlH3].[H-].[I-].[Li+].[OH-].c1ccc(C2(CN3CCCCC3)CCCC2)cc1. The van der Waals surface area contributed by atoms with Gasteiger partial charge in [-0.05, 0) is 238 Å². The van der Waals surface area contributed by atoms with Crippen LogP contribution in [0.5, 0.6) is 0 Å². The summed E-state index contributed by atoms with van der Waals surface area (Å²) in [6.07, 6.45) is 46.2. The molecular weight excluding hydrogens is 1580 g/mol. The van der Waals surface area contributed by atoms with Gasteiger partial charge in [-0.2, -0.15) is 0 Å². The zero-order valence-corrected chi connectivity index (χ0v) is 73.7. The third kappa shape index (κ3) is 29.3. The molecule has 1 amide bonds. The molecule has 0 aromatic heterocycles. The van der Waals surface area contributed by atoms with Crippen LogP contribution in [0.25, 0.3) is 0 Å². The van der Waals surface area contributed by atoms with E-state index < -0.39 is 0 Å². The van der Waals surface area contributed by atoms with Crippen LogP contribution in [0.3, 0.4) is 0 Å². The molecule has 0 radical (unpaired) electrons. The number of benzene rings is 5. The Labute approximate surface area is 720 Å². The van der Waals surface area contributed by atoms with Crippen LogP contribution in [0.1, 0.15) is 275 Å². The van der Waals surface area contributed by atoms with E-state index in [1.807, 2.05) is 41.3 Å². The number of hydrogen-bond donors (Lipinski definition) is 1. The van der Waals surface area contributed by atoms with Crippen LogP contribution in [0, 0.1) is 0 Å². The van der Waals surface area contributed by atoms with Gasteiger partial charge in [-0.3, -0.25) is 9.59 Å². The van der Waals surface area contributed by atoms with E-state index in [1.54, 1.807) is 16.7 Å². The molecule has 0 bridgehead atoms. The van der Waals surface area contributed by atoms with E-state index >= 15 is 0 Å². The molecule has 5 heterocycles. The number of hydrogen-bond acceptors (Lipinski definition) is 6. The van der Waals surface area contributed by atoms with Crippen molar-refractivity contribution in [1.82, 2.24) is 20.0 Å². The average Bonchev–Trinajstić information content (AvgIpc) is 1.78. The maximum atomic E-state index is 13.0. The Morgan fingerprint density at radius 1 is 0.407 bits per heavy atom. The van der Waals surface area contributed by atoms with E-state index in [0.29, 0.717) is 22.2 Å². The van der Waals surface area contributed by atoms with Crippen molar-refractivity contribution in [1.29, 1.82) is 0 Å². The first-order chi connectivity index (χ1) is 50.8. The monoisotopic (exact) mass is 1730 g/mol. The minimum atomic E-state index is -0.386. The van der Waals surface area contributed by atoms with E-state index in [1.165, 1.54) is 292 Å². The van der Waals surface area contributed by atoms with Crippen LogP contribution in [-0.2, 0) is 36.7 Å². The Morgan fingerprint density at radius 2 is 0.685 bits per heavy atom. The van der Waals surface area contributed by atoms with Gasteiger partial charge in [-0.1, -0.05) is 272 Å².